The van der Waals surface area contributed by atoms with E-state index in [1.54, 1.807) is 55.4 Å². The van der Waals surface area contributed by atoms with Crippen LogP contribution >= 0.6 is 0 Å². The predicted octanol–water partition coefficient (Wildman–Crippen LogP) is -6.96. The van der Waals surface area contributed by atoms with Crippen LogP contribution in [0.3, 0.4) is 0 Å². The Morgan fingerprint density at radius 3 is 1.47 bits per heavy atom. The van der Waals surface area contributed by atoms with Crippen molar-refractivity contribution in [1.82, 2.24) is 47.4 Å². The second-order valence-corrected chi connectivity index (χ2v) is 22.8. The molecule has 10 amide bonds. The lowest BCUT2D eigenvalue weighted by atomic mass is 9.95. The summed E-state index contributed by atoms with van der Waals surface area (Å²) in [5, 5.41) is 82.9. The highest BCUT2D eigenvalue weighted by atomic mass is 16.7. The first-order valence-corrected chi connectivity index (χ1v) is 27.9. The Morgan fingerprint density at radius 1 is 0.554 bits per heavy atom. The monoisotopic (exact) mass is 1190 g/mol. The van der Waals surface area contributed by atoms with Crippen molar-refractivity contribution in [2.24, 2.45) is 35.1 Å². The van der Waals surface area contributed by atoms with Crippen LogP contribution in [0, 0.1) is 23.7 Å². The van der Waals surface area contributed by atoms with Crippen LogP contribution in [0.2, 0.25) is 0 Å². The van der Waals surface area contributed by atoms with Gasteiger partial charge in [-0.15, -0.1) is 0 Å². The maximum atomic E-state index is 14.3. The second-order valence-electron chi connectivity index (χ2n) is 22.8. The van der Waals surface area contributed by atoms with E-state index in [0.717, 1.165) is 6.92 Å². The lowest BCUT2D eigenvalue weighted by Gasteiger charge is -2.48. The van der Waals surface area contributed by atoms with E-state index in [1.165, 1.54) is 32.6 Å². The number of ether oxygens (including phenoxy) is 4. The van der Waals surface area contributed by atoms with Gasteiger partial charge in [-0.1, -0.05) is 55.4 Å². The number of carbonyl (C=O) groups is 10. The molecule has 9 unspecified atom stereocenters. The van der Waals surface area contributed by atoms with Crippen LogP contribution in [0.4, 0.5) is 0 Å². The van der Waals surface area contributed by atoms with Gasteiger partial charge in [0.2, 0.25) is 59.1 Å². The fourth-order valence-corrected chi connectivity index (χ4v) is 9.35. The number of nitrogens with one attached hydrogen (secondary N) is 8. The fraction of sp³-hybridized carbons (Fsp3) is 0.808. The van der Waals surface area contributed by atoms with E-state index in [2.05, 4.69) is 42.5 Å². The molecule has 474 valence electrons. The summed E-state index contributed by atoms with van der Waals surface area (Å²) in [4.78, 5) is 134. The lowest BCUT2D eigenvalue weighted by Crippen LogP contribution is -2.68. The van der Waals surface area contributed by atoms with Crippen molar-refractivity contribution in [3.63, 3.8) is 0 Å². The zero-order valence-corrected chi connectivity index (χ0v) is 49.4. The van der Waals surface area contributed by atoms with E-state index in [9.17, 15) is 78.6 Å². The molecule has 31 nitrogen and oxygen atoms in total. The largest absolute Gasteiger partial charge is 0.394 e. The Morgan fingerprint density at radius 2 is 0.988 bits per heavy atom. The quantitative estimate of drug-likeness (QED) is 0.0346. The maximum Gasteiger partial charge on any atom is 0.246 e. The number of rotatable bonds is 28. The molecule has 0 bridgehead atoms. The maximum absolute atomic E-state index is 14.3. The zero-order chi connectivity index (χ0) is 63.2. The average Bonchev–Trinajstić information content (AvgIpc) is 3.79. The lowest BCUT2D eigenvalue weighted by molar-refractivity contribution is -0.347. The van der Waals surface area contributed by atoms with E-state index >= 15 is 0 Å². The van der Waals surface area contributed by atoms with Crippen LogP contribution in [0.5, 0.6) is 0 Å². The molecule has 20 atom stereocenters. The summed E-state index contributed by atoms with van der Waals surface area (Å²) in [5.74, 6) is -9.51. The SMILES string of the molecule is CC(=O)NC1[C@@H](OC(C)[C@H](N)C(=O)NC(C(=O)N2CCC[C@H]2C(=O)NC(C)C(=O)N[C@@H](C)C(=O)NC(C(=O)N[C@H](C(=O)NC(C(=O)N[C@@H](C)C(N)=O)C(C)C)C(C)C)C(C)C)C(C)C)OC(CO)[C@H](O)[C@@H]1O[C@@H]1OC(CO)[C@H](O)C(O)[C@@H]1O. The van der Waals surface area contributed by atoms with Gasteiger partial charge in [-0.3, -0.25) is 47.9 Å². The highest BCUT2D eigenvalue weighted by Gasteiger charge is 2.52. The molecule has 0 saturated carbocycles. The van der Waals surface area contributed by atoms with E-state index < -0.39 is 218 Å². The summed E-state index contributed by atoms with van der Waals surface area (Å²) >= 11 is 0. The van der Waals surface area contributed by atoms with Crippen LogP contribution in [0.15, 0.2) is 0 Å². The van der Waals surface area contributed by atoms with Gasteiger partial charge in [0.05, 0.1) is 19.3 Å². The fourth-order valence-electron chi connectivity index (χ4n) is 9.35. The number of aliphatic hydroxyl groups is 6. The molecule has 3 aliphatic rings. The summed E-state index contributed by atoms with van der Waals surface area (Å²) in [5.41, 5.74) is 11.7. The number of amides is 10. The molecule has 31 heteroatoms. The third-order valence-corrected chi connectivity index (χ3v) is 14.6. The highest BCUT2D eigenvalue weighted by Crippen LogP contribution is 2.31. The number of carbonyl (C=O) groups excluding carboxylic acids is 10. The van der Waals surface area contributed by atoms with E-state index in [-0.39, 0.29) is 13.0 Å². The molecule has 0 aliphatic carbocycles. The second kappa shape index (κ2) is 32.0. The van der Waals surface area contributed by atoms with Gasteiger partial charge in [0.15, 0.2) is 12.6 Å². The molecule has 0 aromatic rings. The summed E-state index contributed by atoms with van der Waals surface area (Å²) in [6.45, 7) is 18.2. The van der Waals surface area contributed by atoms with Crippen LogP contribution in [0.25, 0.3) is 0 Å². The summed E-state index contributed by atoms with van der Waals surface area (Å²) in [6, 6.07) is -12.4. The van der Waals surface area contributed by atoms with E-state index in [4.69, 9.17) is 30.4 Å². The third kappa shape index (κ3) is 19.1. The normalized spacial score (nSPS) is 27.9. The first-order chi connectivity index (χ1) is 38.6. The smallest absolute Gasteiger partial charge is 0.246 e. The Bertz CT molecular complexity index is 2260. The number of nitrogens with zero attached hydrogens (tertiary/aromatic N) is 1. The molecule has 0 spiro atoms. The molecule has 0 aromatic heterocycles. The van der Waals surface area contributed by atoms with Gasteiger partial charge in [-0.2, -0.15) is 0 Å². The molecular formula is C52H91N11O20. The van der Waals surface area contributed by atoms with Crippen molar-refractivity contribution in [2.75, 3.05) is 19.8 Å². The van der Waals surface area contributed by atoms with Gasteiger partial charge in [0.1, 0.15) is 103 Å². The molecule has 3 rings (SSSR count). The topological polar surface area (TPSA) is 481 Å². The van der Waals surface area contributed by atoms with Gasteiger partial charge in [0.25, 0.3) is 0 Å². The number of primary amides is 1. The molecule has 83 heavy (non-hydrogen) atoms. The van der Waals surface area contributed by atoms with Crippen molar-refractivity contribution in [3.8, 4) is 0 Å². The number of hydrogen-bond acceptors (Lipinski definition) is 21. The highest BCUT2D eigenvalue weighted by molar-refractivity contribution is 5.98. The van der Waals surface area contributed by atoms with Crippen molar-refractivity contribution in [2.45, 2.75) is 225 Å². The molecule has 3 fully saturated rings. The van der Waals surface area contributed by atoms with Gasteiger partial charge < -0.3 is 108 Å². The minimum absolute atomic E-state index is 0.0910. The van der Waals surface area contributed by atoms with E-state index in [0.29, 0.717) is 6.42 Å². The van der Waals surface area contributed by atoms with Crippen LogP contribution in [-0.2, 0) is 66.9 Å². The minimum atomic E-state index is -1.93. The summed E-state index contributed by atoms with van der Waals surface area (Å²) in [6.07, 6.45) is -16.1. The summed E-state index contributed by atoms with van der Waals surface area (Å²) in [7, 11) is 0. The zero-order valence-electron chi connectivity index (χ0n) is 49.4. The molecular weight excluding hydrogens is 1100 g/mol. The van der Waals surface area contributed by atoms with Crippen molar-refractivity contribution in [1.29, 1.82) is 0 Å². The van der Waals surface area contributed by atoms with Gasteiger partial charge in [-0.25, -0.2) is 0 Å². The molecule has 3 heterocycles. The predicted molar refractivity (Wildman–Crippen MR) is 290 cm³/mol. The molecule has 0 aromatic carbocycles. The van der Waals surface area contributed by atoms with Crippen LogP contribution < -0.4 is 54.0 Å². The first kappa shape index (κ1) is 71.5. The van der Waals surface area contributed by atoms with Gasteiger partial charge in [0, 0.05) is 13.5 Å². The van der Waals surface area contributed by atoms with Crippen LogP contribution in [-0.4, -0.2) is 236 Å². The summed E-state index contributed by atoms with van der Waals surface area (Å²) < 4.78 is 23.1. The Kier molecular flexibility index (Phi) is 27.5. The Labute approximate surface area is 482 Å². The number of nitrogens with two attached hydrogens (primary N) is 2. The third-order valence-electron chi connectivity index (χ3n) is 14.6. The average molecular weight is 1190 g/mol. The van der Waals surface area contributed by atoms with Gasteiger partial charge >= 0.3 is 0 Å². The molecule has 3 saturated heterocycles. The molecule has 3 aliphatic heterocycles. The number of likely N-dealkylation sites (tertiary alicyclic amines) is 1. The Balaban J connectivity index is 1.66. The van der Waals surface area contributed by atoms with E-state index in [1.807, 2.05) is 0 Å². The number of aliphatic hydroxyl groups excluding tert-OH is 6. The van der Waals surface area contributed by atoms with Crippen molar-refractivity contribution < 1.29 is 97.5 Å². The van der Waals surface area contributed by atoms with Crippen molar-refractivity contribution in [3.05, 3.63) is 0 Å². The van der Waals surface area contributed by atoms with Gasteiger partial charge in [-0.05, 0) is 64.2 Å². The molecule has 18 N–H and O–H groups in total. The first-order valence-electron chi connectivity index (χ1n) is 27.9. The minimum Gasteiger partial charge on any atom is -0.394 e. The van der Waals surface area contributed by atoms with Crippen molar-refractivity contribution >= 4 is 59.1 Å². The molecule has 0 radical (unpaired) electrons. The van der Waals surface area contributed by atoms with Crippen LogP contribution in [0.1, 0.15) is 103 Å². The number of hydrogen-bond donors (Lipinski definition) is 16. The standard InChI is InChI=1S/C52H91N11O20/c1-19(2)32(47(76)55-23(9)42(54)71)60-49(78)34(21(5)6)61-48(77)33(20(3)4)59-44(73)25(11)56-43(72)24(10)57-45(74)28-15-14-16-63(28)50(79)35(22(7)8)62-46(75)31(53)26(12)80-51-36(58-27(13)66)41(38(68)30(18-65)81-51)83-52-40(70)39(69)37(67)29(17-64)82-52/h19-26,28-41,51-52,64-65,67-70H,14-18,53H2,1-13H3,(H2,54,71)(H,55,76)(H,56,72)(H,57,74)(H,58,66)(H,59,73)(H,60,78)(H,61,77)(H,62,75)/t23-,24?,25-,26?,28-,29?,30?,31-,32?,33?,34-,35?,36?,37-,38-,39?,40-,41+,51-,52-/m0/s1. The Hall–Kier alpha value is -5.74.